The van der Waals surface area contributed by atoms with Gasteiger partial charge in [-0.05, 0) is 25.7 Å². The molecule has 19 heavy (non-hydrogen) atoms. The Morgan fingerprint density at radius 3 is 1.95 bits per heavy atom. The molecule has 0 aromatic heterocycles. The molecular formula is C14H30N2O3. The Kier molecular flexibility index (Phi) is 7.87. The molecule has 0 heterocycles. The summed E-state index contributed by atoms with van der Waals surface area (Å²) in [4.78, 5) is 2.45. The first-order chi connectivity index (χ1) is 9.22. The molecule has 0 bridgehead atoms. The van der Waals surface area contributed by atoms with Crippen LogP contribution < -0.4 is 5.73 Å². The molecule has 0 saturated heterocycles. The molecule has 0 aromatic carbocycles. The van der Waals surface area contributed by atoms with Crippen molar-refractivity contribution in [3.8, 4) is 0 Å². The zero-order valence-corrected chi connectivity index (χ0v) is 12.7. The molecule has 1 rings (SSSR count). The Hall–Kier alpha value is -0.200. The first kappa shape index (κ1) is 16.9. The molecule has 1 aliphatic carbocycles. The number of methoxy groups -OCH3 is 3. The van der Waals surface area contributed by atoms with Crippen molar-refractivity contribution >= 4 is 0 Å². The summed E-state index contributed by atoms with van der Waals surface area (Å²) in [6, 6.07) is 0. The van der Waals surface area contributed by atoms with E-state index in [1.165, 1.54) is 0 Å². The molecule has 0 aromatic rings. The molecule has 114 valence electrons. The maximum atomic E-state index is 6.11. The van der Waals surface area contributed by atoms with Gasteiger partial charge in [0.1, 0.15) is 0 Å². The smallest absolute Gasteiger partial charge is 0.0589 e. The van der Waals surface area contributed by atoms with E-state index >= 15 is 0 Å². The molecule has 2 N–H and O–H groups in total. The predicted octanol–water partition coefficient (Wildman–Crippen LogP) is 0.868. The second-order valence-electron chi connectivity index (χ2n) is 5.34. The van der Waals surface area contributed by atoms with Crippen molar-refractivity contribution in [1.29, 1.82) is 0 Å². The minimum Gasteiger partial charge on any atom is -0.383 e. The van der Waals surface area contributed by atoms with E-state index < -0.39 is 0 Å². The molecule has 1 fully saturated rings. The van der Waals surface area contributed by atoms with E-state index in [9.17, 15) is 0 Å². The summed E-state index contributed by atoms with van der Waals surface area (Å²) in [6.07, 6.45) is 4.76. The van der Waals surface area contributed by atoms with Gasteiger partial charge in [0.25, 0.3) is 0 Å². The number of ether oxygens (including phenoxy) is 3. The maximum absolute atomic E-state index is 6.11. The molecule has 0 aliphatic heterocycles. The van der Waals surface area contributed by atoms with Crippen LogP contribution in [0.25, 0.3) is 0 Å². The molecule has 1 saturated carbocycles. The van der Waals surface area contributed by atoms with Gasteiger partial charge in [-0.2, -0.15) is 0 Å². The van der Waals surface area contributed by atoms with Crippen LogP contribution in [0.2, 0.25) is 0 Å². The lowest BCUT2D eigenvalue weighted by atomic mass is 9.79. The van der Waals surface area contributed by atoms with Crippen LogP contribution in [0.3, 0.4) is 0 Å². The molecule has 0 radical (unpaired) electrons. The Bertz CT molecular complexity index is 223. The summed E-state index contributed by atoms with van der Waals surface area (Å²) in [5.74, 6) is 0. The van der Waals surface area contributed by atoms with Crippen molar-refractivity contribution in [1.82, 2.24) is 4.90 Å². The Morgan fingerprint density at radius 1 is 1.05 bits per heavy atom. The number of hydrogen-bond acceptors (Lipinski definition) is 5. The second-order valence-corrected chi connectivity index (χ2v) is 5.34. The number of nitrogens with zero attached hydrogens (tertiary/aromatic N) is 1. The van der Waals surface area contributed by atoms with Gasteiger partial charge in [0, 0.05) is 46.5 Å². The van der Waals surface area contributed by atoms with E-state index in [-0.39, 0.29) is 5.54 Å². The third kappa shape index (κ3) is 4.68. The highest BCUT2D eigenvalue weighted by molar-refractivity contribution is 4.96. The van der Waals surface area contributed by atoms with E-state index in [0.29, 0.717) is 12.6 Å². The minimum atomic E-state index is 0.0894. The van der Waals surface area contributed by atoms with Gasteiger partial charge in [0.2, 0.25) is 0 Å². The number of hydrogen-bond donors (Lipinski definition) is 1. The Morgan fingerprint density at radius 2 is 1.58 bits per heavy atom. The van der Waals surface area contributed by atoms with Gasteiger partial charge in [0.05, 0.1) is 19.3 Å². The summed E-state index contributed by atoms with van der Waals surface area (Å²) >= 11 is 0. The standard InChI is InChI=1S/C14H30N2O3/c1-17-10-8-16(9-11-18-2)14(12-15)6-4-13(19-3)5-7-14/h13H,4-12,15H2,1-3H3. The third-order valence-electron chi connectivity index (χ3n) is 4.38. The highest BCUT2D eigenvalue weighted by atomic mass is 16.5. The largest absolute Gasteiger partial charge is 0.383 e. The molecule has 0 spiro atoms. The van der Waals surface area contributed by atoms with E-state index in [1.807, 2.05) is 0 Å². The van der Waals surface area contributed by atoms with Gasteiger partial charge in [-0.1, -0.05) is 0 Å². The van der Waals surface area contributed by atoms with Gasteiger partial charge >= 0.3 is 0 Å². The summed E-state index contributed by atoms with van der Waals surface area (Å²) in [5.41, 5.74) is 6.19. The van der Waals surface area contributed by atoms with E-state index in [2.05, 4.69) is 4.90 Å². The quantitative estimate of drug-likeness (QED) is 0.676. The van der Waals surface area contributed by atoms with Crippen molar-refractivity contribution < 1.29 is 14.2 Å². The van der Waals surface area contributed by atoms with Gasteiger partial charge in [-0.3, -0.25) is 4.90 Å². The fourth-order valence-corrected chi connectivity index (χ4v) is 3.00. The summed E-state index contributed by atoms with van der Waals surface area (Å²) < 4.78 is 15.9. The molecule has 0 atom stereocenters. The third-order valence-corrected chi connectivity index (χ3v) is 4.38. The van der Waals surface area contributed by atoms with Crippen LogP contribution >= 0.6 is 0 Å². The summed E-state index contributed by atoms with van der Waals surface area (Å²) in [5, 5.41) is 0. The monoisotopic (exact) mass is 274 g/mol. The molecule has 1 aliphatic rings. The Labute approximate surface area is 117 Å². The van der Waals surface area contributed by atoms with Crippen LogP contribution in [0.4, 0.5) is 0 Å². The van der Waals surface area contributed by atoms with Crippen molar-refractivity contribution in [2.75, 3.05) is 54.2 Å². The van der Waals surface area contributed by atoms with Crippen LogP contribution in [0.5, 0.6) is 0 Å². The van der Waals surface area contributed by atoms with Crippen LogP contribution in [-0.4, -0.2) is 70.7 Å². The van der Waals surface area contributed by atoms with Gasteiger partial charge in [0.15, 0.2) is 0 Å². The molecule has 5 nitrogen and oxygen atoms in total. The lowest BCUT2D eigenvalue weighted by Gasteiger charge is -2.47. The lowest BCUT2D eigenvalue weighted by molar-refractivity contribution is -0.0235. The molecule has 5 heteroatoms. The predicted molar refractivity (Wildman–Crippen MR) is 76.4 cm³/mol. The lowest BCUT2D eigenvalue weighted by Crippen LogP contribution is -2.58. The van der Waals surface area contributed by atoms with Crippen LogP contribution in [0, 0.1) is 0 Å². The van der Waals surface area contributed by atoms with Crippen molar-refractivity contribution in [3.63, 3.8) is 0 Å². The Balaban J connectivity index is 2.65. The average Bonchev–Trinajstić information content (AvgIpc) is 2.47. The van der Waals surface area contributed by atoms with Crippen molar-refractivity contribution in [2.45, 2.75) is 37.3 Å². The minimum absolute atomic E-state index is 0.0894. The van der Waals surface area contributed by atoms with E-state index in [0.717, 1.165) is 52.0 Å². The normalized spacial score (nSPS) is 27.9. The van der Waals surface area contributed by atoms with Crippen LogP contribution in [0.15, 0.2) is 0 Å². The second kappa shape index (κ2) is 8.87. The SMILES string of the molecule is COCCN(CCOC)C1(CN)CCC(OC)CC1. The number of rotatable bonds is 9. The molecule has 0 amide bonds. The van der Waals surface area contributed by atoms with E-state index in [4.69, 9.17) is 19.9 Å². The fraction of sp³-hybridized carbons (Fsp3) is 1.00. The average molecular weight is 274 g/mol. The number of nitrogens with two attached hydrogens (primary N) is 1. The topological polar surface area (TPSA) is 57.0 Å². The van der Waals surface area contributed by atoms with Crippen LogP contribution in [0.1, 0.15) is 25.7 Å². The highest BCUT2D eigenvalue weighted by Gasteiger charge is 2.38. The van der Waals surface area contributed by atoms with Gasteiger partial charge in [-0.15, -0.1) is 0 Å². The maximum Gasteiger partial charge on any atom is 0.0589 e. The molecule has 0 unspecified atom stereocenters. The van der Waals surface area contributed by atoms with Crippen molar-refractivity contribution in [2.24, 2.45) is 5.73 Å². The van der Waals surface area contributed by atoms with Crippen molar-refractivity contribution in [3.05, 3.63) is 0 Å². The van der Waals surface area contributed by atoms with Gasteiger partial charge in [-0.25, -0.2) is 0 Å². The highest BCUT2D eigenvalue weighted by Crippen LogP contribution is 2.34. The fourth-order valence-electron chi connectivity index (χ4n) is 3.00. The van der Waals surface area contributed by atoms with E-state index in [1.54, 1.807) is 21.3 Å². The zero-order chi connectivity index (χ0) is 14.1. The first-order valence-electron chi connectivity index (χ1n) is 7.18. The van der Waals surface area contributed by atoms with Crippen LogP contribution in [-0.2, 0) is 14.2 Å². The summed E-state index contributed by atoms with van der Waals surface area (Å²) in [7, 11) is 5.28. The van der Waals surface area contributed by atoms with Gasteiger partial charge < -0.3 is 19.9 Å². The molecular weight excluding hydrogens is 244 g/mol. The first-order valence-corrected chi connectivity index (χ1v) is 7.18. The zero-order valence-electron chi connectivity index (χ0n) is 12.7. The summed E-state index contributed by atoms with van der Waals surface area (Å²) in [6.45, 7) is 3.98.